The van der Waals surface area contributed by atoms with Crippen molar-refractivity contribution in [3.05, 3.63) is 29.0 Å². The topological polar surface area (TPSA) is 92.4 Å². The molecule has 1 amide bonds. The summed E-state index contributed by atoms with van der Waals surface area (Å²) in [4.78, 5) is 28.4. The monoisotopic (exact) mass is 306 g/mol. The van der Waals surface area contributed by atoms with Gasteiger partial charge in [0.15, 0.2) is 10.8 Å². The molecule has 0 radical (unpaired) electrons. The Hall–Kier alpha value is -2.15. The van der Waals surface area contributed by atoms with E-state index in [0.29, 0.717) is 10.8 Å². The van der Waals surface area contributed by atoms with Gasteiger partial charge in [-0.1, -0.05) is 0 Å². The third kappa shape index (κ3) is 2.82. The number of carbonyl (C=O) groups is 2. The maximum Gasteiger partial charge on any atom is 0.326 e. The number of hydrogen-bond acceptors (Lipinski definition) is 5. The Morgan fingerprint density at radius 1 is 1.52 bits per heavy atom. The van der Waals surface area contributed by atoms with E-state index in [-0.39, 0.29) is 11.6 Å². The van der Waals surface area contributed by atoms with Crippen LogP contribution >= 0.6 is 11.3 Å². The normalized spacial score (nSPS) is 15.7. The number of nitrogens with one attached hydrogen (secondary N) is 1. The van der Waals surface area contributed by atoms with Crippen LogP contribution in [0.4, 0.5) is 0 Å². The van der Waals surface area contributed by atoms with Gasteiger partial charge in [-0.25, -0.2) is 9.78 Å². The zero-order valence-electron chi connectivity index (χ0n) is 11.3. The largest absolute Gasteiger partial charge is 0.480 e. The summed E-state index contributed by atoms with van der Waals surface area (Å²) in [6, 6.07) is 2.69. The lowest BCUT2D eigenvalue weighted by molar-refractivity contribution is -0.139. The van der Waals surface area contributed by atoms with Crippen molar-refractivity contribution < 1.29 is 19.1 Å². The first-order valence-corrected chi connectivity index (χ1v) is 7.43. The second-order valence-electron chi connectivity index (χ2n) is 5.03. The fourth-order valence-corrected chi connectivity index (χ4v) is 3.01. The summed E-state index contributed by atoms with van der Waals surface area (Å²) in [5.74, 6) is -0.806. The molecular weight excluding hydrogens is 292 g/mol. The van der Waals surface area contributed by atoms with Crippen LogP contribution in [0.3, 0.4) is 0 Å². The van der Waals surface area contributed by atoms with Crippen LogP contribution in [0.5, 0.6) is 0 Å². The molecule has 3 rings (SSSR count). The lowest BCUT2D eigenvalue weighted by Gasteiger charge is -2.12. The highest BCUT2D eigenvalue weighted by atomic mass is 32.1. The third-order valence-electron chi connectivity index (χ3n) is 3.39. The van der Waals surface area contributed by atoms with Crippen molar-refractivity contribution in [2.45, 2.75) is 25.8 Å². The fraction of sp³-hybridized carbons (Fsp3) is 0.357. The Morgan fingerprint density at radius 3 is 2.86 bits per heavy atom. The number of aliphatic carboxylic acids is 1. The van der Waals surface area contributed by atoms with E-state index in [9.17, 15) is 9.59 Å². The summed E-state index contributed by atoms with van der Waals surface area (Å²) in [5, 5.41) is 12.3. The molecule has 110 valence electrons. The number of carboxylic acid groups (broad SMARTS) is 1. The zero-order valence-corrected chi connectivity index (χ0v) is 12.1. The summed E-state index contributed by atoms with van der Waals surface area (Å²) in [6.45, 7) is 1.78. The highest BCUT2D eigenvalue weighted by Crippen LogP contribution is 2.33. The van der Waals surface area contributed by atoms with Crippen LogP contribution < -0.4 is 5.32 Å². The molecule has 0 saturated heterocycles. The molecule has 0 bridgehead atoms. The summed E-state index contributed by atoms with van der Waals surface area (Å²) < 4.78 is 5.26. The fourth-order valence-electron chi connectivity index (χ4n) is 2.13. The highest BCUT2D eigenvalue weighted by molar-refractivity contribution is 7.15. The van der Waals surface area contributed by atoms with Crippen LogP contribution in [-0.2, 0) is 4.79 Å². The van der Waals surface area contributed by atoms with Crippen molar-refractivity contribution in [1.29, 1.82) is 0 Å². The van der Waals surface area contributed by atoms with E-state index >= 15 is 0 Å². The number of furan rings is 1. The molecule has 0 aromatic carbocycles. The molecule has 2 aromatic heterocycles. The molecule has 21 heavy (non-hydrogen) atoms. The minimum absolute atomic E-state index is 0.0370. The van der Waals surface area contributed by atoms with Gasteiger partial charge < -0.3 is 14.8 Å². The number of aromatic nitrogens is 1. The van der Waals surface area contributed by atoms with E-state index in [1.807, 2.05) is 0 Å². The first-order valence-electron chi connectivity index (χ1n) is 6.61. The van der Waals surface area contributed by atoms with Crippen molar-refractivity contribution in [2.75, 3.05) is 0 Å². The number of aryl methyl sites for hydroxylation is 1. The average molecular weight is 306 g/mol. The van der Waals surface area contributed by atoms with Crippen molar-refractivity contribution in [3.63, 3.8) is 0 Å². The number of nitrogens with zero attached hydrogens (tertiary/aromatic N) is 1. The number of carboxylic acids is 1. The van der Waals surface area contributed by atoms with Crippen molar-refractivity contribution in [1.82, 2.24) is 10.3 Å². The van der Waals surface area contributed by atoms with Crippen LogP contribution in [-0.4, -0.2) is 28.0 Å². The molecule has 1 aliphatic carbocycles. The lowest BCUT2D eigenvalue weighted by atomic mass is 10.2. The van der Waals surface area contributed by atoms with Gasteiger partial charge in [-0.15, -0.1) is 11.3 Å². The zero-order chi connectivity index (χ0) is 15.0. The Kier molecular flexibility index (Phi) is 3.50. The summed E-state index contributed by atoms with van der Waals surface area (Å²) in [7, 11) is 0. The SMILES string of the molecule is Cc1sc(-c2ccco2)nc1C(=O)NC(C(=O)O)C1CC1. The molecule has 0 aliphatic heterocycles. The van der Waals surface area contributed by atoms with E-state index in [2.05, 4.69) is 10.3 Å². The molecule has 1 atom stereocenters. The molecule has 7 heteroatoms. The van der Waals surface area contributed by atoms with Crippen LogP contribution in [0.2, 0.25) is 0 Å². The van der Waals surface area contributed by atoms with Crippen molar-refractivity contribution in [3.8, 4) is 10.8 Å². The summed E-state index contributed by atoms with van der Waals surface area (Å²) in [6.07, 6.45) is 3.22. The minimum atomic E-state index is -0.995. The Balaban J connectivity index is 1.80. The quantitative estimate of drug-likeness (QED) is 0.884. The van der Waals surface area contributed by atoms with Crippen LogP contribution in [0.1, 0.15) is 28.2 Å². The van der Waals surface area contributed by atoms with E-state index in [4.69, 9.17) is 9.52 Å². The van der Waals surface area contributed by atoms with Gasteiger partial charge in [-0.3, -0.25) is 4.79 Å². The number of thiazole rings is 1. The molecule has 2 heterocycles. The summed E-state index contributed by atoms with van der Waals surface area (Å²) >= 11 is 1.35. The highest BCUT2D eigenvalue weighted by Gasteiger charge is 2.38. The second-order valence-corrected chi connectivity index (χ2v) is 6.23. The number of hydrogen-bond donors (Lipinski definition) is 2. The standard InChI is InChI=1S/C14H14N2O4S/c1-7-10(16-13(21-7)9-3-2-6-20-9)12(17)15-11(14(18)19)8-4-5-8/h2-3,6,8,11H,4-5H2,1H3,(H,15,17)(H,18,19). The van der Waals surface area contributed by atoms with E-state index < -0.39 is 17.9 Å². The predicted molar refractivity (Wildman–Crippen MR) is 76.2 cm³/mol. The van der Waals surface area contributed by atoms with Gasteiger partial charge in [-0.05, 0) is 37.8 Å². The molecule has 6 nitrogen and oxygen atoms in total. The Bertz CT molecular complexity index is 673. The molecule has 1 aliphatic rings. The third-order valence-corrected chi connectivity index (χ3v) is 4.38. The Labute approximate surface area is 124 Å². The minimum Gasteiger partial charge on any atom is -0.480 e. The Morgan fingerprint density at radius 2 is 2.29 bits per heavy atom. The predicted octanol–water partition coefficient (Wildman–Crippen LogP) is 2.30. The molecule has 2 N–H and O–H groups in total. The molecule has 0 spiro atoms. The van der Waals surface area contributed by atoms with Crippen molar-refractivity contribution >= 4 is 23.2 Å². The van der Waals surface area contributed by atoms with Crippen molar-refractivity contribution in [2.24, 2.45) is 5.92 Å². The van der Waals surface area contributed by atoms with Crippen LogP contribution in [0, 0.1) is 12.8 Å². The lowest BCUT2D eigenvalue weighted by Crippen LogP contribution is -2.42. The maximum absolute atomic E-state index is 12.2. The molecule has 2 aromatic rings. The first kappa shape index (κ1) is 13.8. The van der Waals surface area contributed by atoms with Gasteiger partial charge >= 0.3 is 5.97 Å². The molecule has 1 fully saturated rings. The van der Waals surface area contributed by atoms with Gasteiger partial charge in [0.05, 0.1) is 6.26 Å². The molecule has 1 unspecified atom stereocenters. The van der Waals surface area contributed by atoms with Gasteiger partial charge in [0.2, 0.25) is 0 Å². The smallest absolute Gasteiger partial charge is 0.326 e. The summed E-state index contributed by atoms with van der Waals surface area (Å²) in [5.41, 5.74) is 0.262. The average Bonchev–Trinajstić information content (AvgIpc) is 2.97. The van der Waals surface area contributed by atoms with Gasteiger partial charge in [-0.2, -0.15) is 0 Å². The van der Waals surface area contributed by atoms with Crippen LogP contribution in [0.15, 0.2) is 22.8 Å². The maximum atomic E-state index is 12.2. The molecular formula is C14H14N2O4S. The van der Waals surface area contributed by atoms with E-state index in [0.717, 1.165) is 17.7 Å². The van der Waals surface area contributed by atoms with Gasteiger partial charge in [0.25, 0.3) is 5.91 Å². The molecule has 1 saturated carbocycles. The number of carbonyl (C=O) groups excluding carboxylic acids is 1. The van der Waals surface area contributed by atoms with Gasteiger partial charge in [0, 0.05) is 4.88 Å². The first-order chi connectivity index (χ1) is 10.1. The van der Waals surface area contributed by atoms with Gasteiger partial charge in [0.1, 0.15) is 11.7 Å². The number of rotatable bonds is 5. The van der Waals surface area contributed by atoms with E-state index in [1.165, 1.54) is 11.3 Å². The van der Waals surface area contributed by atoms with E-state index in [1.54, 1.807) is 25.3 Å². The number of amides is 1. The van der Waals surface area contributed by atoms with Crippen LogP contribution in [0.25, 0.3) is 10.8 Å². The second kappa shape index (κ2) is 5.33.